The van der Waals surface area contributed by atoms with Crippen molar-refractivity contribution in [3.8, 4) is 0 Å². The molecule has 0 amide bonds. The van der Waals surface area contributed by atoms with E-state index < -0.39 is 0 Å². The molecule has 4 heteroatoms. The maximum atomic E-state index is 6.05. The summed E-state index contributed by atoms with van der Waals surface area (Å²) in [5.74, 6) is 6.47. The molecule has 4 nitrogen and oxygen atoms in total. The van der Waals surface area contributed by atoms with Gasteiger partial charge in [0.1, 0.15) is 0 Å². The first-order valence-electron chi connectivity index (χ1n) is 8.09. The van der Waals surface area contributed by atoms with Gasteiger partial charge in [-0.2, -0.15) is 0 Å². The van der Waals surface area contributed by atoms with Gasteiger partial charge in [-0.05, 0) is 54.7 Å². The Morgan fingerprint density at radius 2 is 2.10 bits per heavy atom. The van der Waals surface area contributed by atoms with E-state index in [4.69, 9.17) is 15.3 Å². The van der Waals surface area contributed by atoms with Crippen LogP contribution in [0.1, 0.15) is 54.8 Å². The second-order valence-electron chi connectivity index (χ2n) is 6.80. The SMILES string of the molecule is NNC(c1ccc2c(c1)COC2)C1CCOC2(CCC2)C1. The molecule has 3 aliphatic rings. The summed E-state index contributed by atoms with van der Waals surface area (Å²) in [6.07, 6.45) is 5.97. The smallest absolute Gasteiger partial charge is 0.0725 e. The van der Waals surface area contributed by atoms with E-state index in [1.54, 1.807) is 0 Å². The largest absolute Gasteiger partial charge is 0.375 e. The third-order valence-electron chi connectivity index (χ3n) is 5.55. The summed E-state index contributed by atoms with van der Waals surface area (Å²) in [4.78, 5) is 0. The quantitative estimate of drug-likeness (QED) is 0.663. The zero-order valence-electron chi connectivity index (χ0n) is 12.4. The molecule has 2 unspecified atom stereocenters. The zero-order chi connectivity index (χ0) is 14.3. The van der Waals surface area contributed by atoms with Crippen molar-refractivity contribution in [3.63, 3.8) is 0 Å². The van der Waals surface area contributed by atoms with Crippen molar-refractivity contribution in [1.29, 1.82) is 0 Å². The molecule has 1 saturated heterocycles. The standard InChI is InChI=1S/C17H24N2O2/c18-19-16(12-2-3-14-10-20-11-15(14)8-12)13-4-7-21-17(9-13)5-1-6-17/h2-3,8,13,16,19H,1,4-7,9-11,18H2. The van der Waals surface area contributed by atoms with Gasteiger partial charge in [-0.25, -0.2) is 0 Å². The third-order valence-corrected chi connectivity index (χ3v) is 5.55. The molecule has 1 saturated carbocycles. The number of nitrogens with one attached hydrogen (secondary N) is 1. The van der Waals surface area contributed by atoms with Crippen LogP contribution in [-0.4, -0.2) is 12.2 Å². The molecule has 114 valence electrons. The summed E-state index contributed by atoms with van der Waals surface area (Å²) < 4.78 is 11.6. The van der Waals surface area contributed by atoms with Crippen molar-refractivity contribution in [1.82, 2.24) is 5.43 Å². The number of hydrogen-bond donors (Lipinski definition) is 2. The van der Waals surface area contributed by atoms with E-state index in [-0.39, 0.29) is 11.6 Å². The number of hydrazine groups is 1. The van der Waals surface area contributed by atoms with Crippen molar-refractivity contribution in [2.75, 3.05) is 6.61 Å². The van der Waals surface area contributed by atoms with E-state index in [1.165, 1.54) is 36.0 Å². The molecule has 2 fully saturated rings. The van der Waals surface area contributed by atoms with E-state index in [2.05, 4.69) is 23.6 Å². The molecule has 3 N–H and O–H groups in total. The number of benzene rings is 1. The monoisotopic (exact) mass is 288 g/mol. The van der Waals surface area contributed by atoms with E-state index >= 15 is 0 Å². The molecule has 2 atom stereocenters. The fourth-order valence-electron chi connectivity index (χ4n) is 4.16. The van der Waals surface area contributed by atoms with Crippen LogP contribution in [-0.2, 0) is 22.7 Å². The van der Waals surface area contributed by atoms with Gasteiger partial charge in [0, 0.05) is 12.6 Å². The number of fused-ring (bicyclic) bond motifs is 1. The lowest BCUT2D eigenvalue weighted by Crippen LogP contribution is -2.48. The average Bonchev–Trinajstić information content (AvgIpc) is 2.94. The molecular formula is C17H24N2O2. The number of nitrogens with two attached hydrogens (primary N) is 1. The Bertz CT molecular complexity index is 528. The van der Waals surface area contributed by atoms with Crippen LogP contribution in [0.4, 0.5) is 0 Å². The van der Waals surface area contributed by atoms with Crippen LogP contribution >= 0.6 is 0 Å². The van der Waals surface area contributed by atoms with Gasteiger partial charge in [-0.15, -0.1) is 0 Å². The molecule has 0 bridgehead atoms. The first-order chi connectivity index (χ1) is 10.3. The minimum atomic E-state index is 0.165. The van der Waals surface area contributed by atoms with Gasteiger partial charge in [0.15, 0.2) is 0 Å². The lowest BCUT2D eigenvalue weighted by Gasteiger charge is -2.48. The van der Waals surface area contributed by atoms with Crippen LogP contribution in [0, 0.1) is 5.92 Å². The molecular weight excluding hydrogens is 264 g/mol. The van der Waals surface area contributed by atoms with Gasteiger partial charge in [0.2, 0.25) is 0 Å². The number of ether oxygens (including phenoxy) is 2. The molecule has 0 radical (unpaired) electrons. The van der Waals surface area contributed by atoms with Crippen LogP contribution in [0.15, 0.2) is 18.2 Å². The van der Waals surface area contributed by atoms with Crippen LogP contribution in [0.2, 0.25) is 0 Å². The highest BCUT2D eigenvalue weighted by Gasteiger charge is 2.44. The number of rotatable bonds is 3. The Morgan fingerprint density at radius 1 is 1.24 bits per heavy atom. The molecule has 2 heterocycles. The Hall–Kier alpha value is -0.940. The van der Waals surface area contributed by atoms with Crippen LogP contribution < -0.4 is 11.3 Å². The van der Waals surface area contributed by atoms with Crippen molar-refractivity contribution in [2.45, 2.75) is 57.0 Å². The van der Waals surface area contributed by atoms with E-state index in [9.17, 15) is 0 Å². The fraction of sp³-hybridized carbons (Fsp3) is 0.647. The average molecular weight is 288 g/mol. The summed E-state index contributed by atoms with van der Waals surface area (Å²) in [6, 6.07) is 6.90. The molecule has 1 aromatic carbocycles. The molecule has 0 aromatic heterocycles. The second kappa shape index (κ2) is 5.36. The topological polar surface area (TPSA) is 56.5 Å². The first kappa shape index (κ1) is 13.7. The van der Waals surface area contributed by atoms with Gasteiger partial charge >= 0.3 is 0 Å². The van der Waals surface area contributed by atoms with Crippen LogP contribution in [0.3, 0.4) is 0 Å². The fourth-order valence-corrected chi connectivity index (χ4v) is 4.16. The highest BCUT2D eigenvalue weighted by atomic mass is 16.5. The summed E-state index contributed by atoms with van der Waals surface area (Å²) in [6.45, 7) is 2.35. The summed E-state index contributed by atoms with van der Waals surface area (Å²) in [5.41, 5.74) is 7.16. The Labute approximate surface area is 126 Å². The molecule has 21 heavy (non-hydrogen) atoms. The molecule has 1 aliphatic carbocycles. The van der Waals surface area contributed by atoms with Crippen LogP contribution in [0.25, 0.3) is 0 Å². The molecule has 4 rings (SSSR count). The maximum Gasteiger partial charge on any atom is 0.0725 e. The van der Waals surface area contributed by atoms with Gasteiger partial charge in [0.05, 0.1) is 18.8 Å². The lowest BCUT2D eigenvalue weighted by molar-refractivity contribution is -0.147. The van der Waals surface area contributed by atoms with Crippen molar-refractivity contribution in [2.24, 2.45) is 11.8 Å². The van der Waals surface area contributed by atoms with Crippen molar-refractivity contribution < 1.29 is 9.47 Å². The van der Waals surface area contributed by atoms with E-state index in [0.29, 0.717) is 5.92 Å². The van der Waals surface area contributed by atoms with Gasteiger partial charge < -0.3 is 9.47 Å². The van der Waals surface area contributed by atoms with Crippen molar-refractivity contribution >= 4 is 0 Å². The minimum Gasteiger partial charge on any atom is -0.375 e. The second-order valence-corrected chi connectivity index (χ2v) is 6.80. The van der Waals surface area contributed by atoms with Crippen molar-refractivity contribution in [3.05, 3.63) is 34.9 Å². The predicted molar refractivity (Wildman–Crippen MR) is 80.3 cm³/mol. The normalized spacial score (nSPS) is 28.1. The summed E-state index contributed by atoms with van der Waals surface area (Å²) in [7, 11) is 0. The Morgan fingerprint density at radius 3 is 2.86 bits per heavy atom. The highest BCUT2D eigenvalue weighted by Crippen LogP contribution is 2.47. The van der Waals surface area contributed by atoms with Gasteiger partial charge in [-0.3, -0.25) is 11.3 Å². The summed E-state index contributed by atoms with van der Waals surface area (Å²) in [5, 5.41) is 0. The zero-order valence-corrected chi connectivity index (χ0v) is 12.4. The minimum absolute atomic E-state index is 0.165. The van der Waals surface area contributed by atoms with Gasteiger partial charge in [0.25, 0.3) is 0 Å². The Balaban J connectivity index is 1.56. The first-order valence-corrected chi connectivity index (χ1v) is 8.09. The lowest BCUT2D eigenvalue weighted by atomic mass is 9.69. The third kappa shape index (κ3) is 2.40. The molecule has 2 aliphatic heterocycles. The summed E-state index contributed by atoms with van der Waals surface area (Å²) >= 11 is 0. The molecule has 1 aromatic rings. The number of hydrogen-bond acceptors (Lipinski definition) is 4. The predicted octanol–water partition coefficient (Wildman–Crippen LogP) is 2.57. The highest BCUT2D eigenvalue weighted by molar-refractivity contribution is 5.35. The Kier molecular flexibility index (Phi) is 3.50. The maximum absolute atomic E-state index is 6.05. The van der Waals surface area contributed by atoms with Gasteiger partial charge in [-0.1, -0.05) is 18.2 Å². The van der Waals surface area contributed by atoms with E-state index in [1.807, 2.05) is 0 Å². The van der Waals surface area contributed by atoms with E-state index in [0.717, 1.165) is 32.7 Å². The molecule has 1 spiro atoms. The van der Waals surface area contributed by atoms with Crippen LogP contribution in [0.5, 0.6) is 0 Å².